The Kier molecular flexibility index (Phi) is 9.25. The topological polar surface area (TPSA) is 137 Å². The van der Waals surface area contributed by atoms with Crippen molar-refractivity contribution >= 4 is 40.1 Å². The summed E-state index contributed by atoms with van der Waals surface area (Å²) in [5.41, 5.74) is 9.07. The van der Waals surface area contributed by atoms with Crippen LogP contribution in [0.15, 0.2) is 34.7 Å². The highest BCUT2D eigenvalue weighted by atomic mass is 32.2. The summed E-state index contributed by atoms with van der Waals surface area (Å²) in [6.07, 6.45) is 5.91. The maximum Gasteiger partial charge on any atom is 0.255 e. The number of pyridine rings is 1. The van der Waals surface area contributed by atoms with E-state index in [9.17, 15) is 4.79 Å². The second-order valence-electron chi connectivity index (χ2n) is 7.56. The molecule has 0 unspecified atom stereocenters. The number of nitrogens with zero attached hydrogens (tertiary/aromatic N) is 4. The van der Waals surface area contributed by atoms with E-state index in [4.69, 9.17) is 11.1 Å². The third kappa shape index (κ3) is 7.57. The van der Waals surface area contributed by atoms with Gasteiger partial charge in [0.05, 0.1) is 5.69 Å². The van der Waals surface area contributed by atoms with Gasteiger partial charge in [0.2, 0.25) is 5.95 Å². The summed E-state index contributed by atoms with van der Waals surface area (Å²) in [6.45, 7) is 5.42. The molecule has 3 aromatic rings. The number of aryl methyl sites for hydroxylation is 1. The van der Waals surface area contributed by atoms with E-state index < -0.39 is 0 Å². The van der Waals surface area contributed by atoms with Crippen molar-refractivity contribution in [3.05, 3.63) is 62.8 Å². The van der Waals surface area contributed by atoms with E-state index in [1.807, 2.05) is 24.4 Å². The van der Waals surface area contributed by atoms with Gasteiger partial charge in [-0.25, -0.2) is 9.97 Å². The van der Waals surface area contributed by atoms with E-state index in [-0.39, 0.29) is 11.5 Å². The van der Waals surface area contributed by atoms with Crippen LogP contribution in [0.3, 0.4) is 0 Å². The zero-order valence-electron chi connectivity index (χ0n) is 18.9. The fraction of sp³-hybridized carbons (Fsp3) is 0.409. The first-order valence-corrected chi connectivity index (χ1v) is 12.9. The molecule has 5 N–H and O–H groups in total. The minimum absolute atomic E-state index is 0.0317. The van der Waals surface area contributed by atoms with Gasteiger partial charge in [-0.15, -0.1) is 11.3 Å². The first-order valence-electron chi connectivity index (χ1n) is 10.8. The van der Waals surface area contributed by atoms with Crippen LogP contribution in [0, 0.1) is 12.3 Å². The van der Waals surface area contributed by atoms with Crippen LogP contribution >= 0.6 is 23.1 Å². The van der Waals surface area contributed by atoms with Crippen LogP contribution in [0.25, 0.3) is 0 Å². The summed E-state index contributed by atoms with van der Waals surface area (Å²) in [5, 5.41) is 13.7. The molecule has 0 spiro atoms. The fourth-order valence-corrected chi connectivity index (χ4v) is 4.72. The molecule has 0 amide bonds. The molecule has 0 aliphatic rings. The standard InChI is InChI=1S/C22H30N8OS2/c1-3-4-8-30(20(23)24)22-28-18(14-33-22)13-32-9-7-25-21-27-12-17(19(31)29-21)10-16-6-5-15(2)26-11-16/h5-6,11-12,14H,3-4,7-10,13H2,1-2H3,(H3,23,24)(H2,25,27,29,31). The summed E-state index contributed by atoms with van der Waals surface area (Å²) in [7, 11) is 0. The molecule has 33 heavy (non-hydrogen) atoms. The number of thioether (sulfide) groups is 1. The highest BCUT2D eigenvalue weighted by Crippen LogP contribution is 2.23. The van der Waals surface area contributed by atoms with Crippen molar-refractivity contribution in [2.75, 3.05) is 29.1 Å². The third-order valence-electron chi connectivity index (χ3n) is 4.83. The molecule has 0 bridgehead atoms. The molecule has 0 aliphatic carbocycles. The van der Waals surface area contributed by atoms with Gasteiger partial charge in [0, 0.05) is 60.0 Å². The van der Waals surface area contributed by atoms with E-state index in [1.54, 1.807) is 29.1 Å². The number of H-pyrrole nitrogens is 1. The lowest BCUT2D eigenvalue weighted by Gasteiger charge is -2.18. The lowest BCUT2D eigenvalue weighted by Crippen LogP contribution is -2.37. The van der Waals surface area contributed by atoms with Gasteiger partial charge in [0.15, 0.2) is 11.1 Å². The molecule has 0 radical (unpaired) electrons. The van der Waals surface area contributed by atoms with E-state index in [0.29, 0.717) is 31.0 Å². The zero-order chi connectivity index (χ0) is 23.6. The maximum atomic E-state index is 12.4. The molecule has 11 heteroatoms. The molecule has 9 nitrogen and oxygen atoms in total. The van der Waals surface area contributed by atoms with Crippen LogP contribution in [-0.2, 0) is 12.2 Å². The molecular weight excluding hydrogens is 456 g/mol. The van der Waals surface area contributed by atoms with Gasteiger partial charge in [-0.1, -0.05) is 19.4 Å². The number of anilines is 2. The van der Waals surface area contributed by atoms with Gasteiger partial charge < -0.3 is 11.1 Å². The van der Waals surface area contributed by atoms with E-state index in [0.717, 1.165) is 46.4 Å². The lowest BCUT2D eigenvalue weighted by molar-refractivity contribution is 0.788. The lowest BCUT2D eigenvalue weighted by atomic mass is 10.1. The predicted octanol–water partition coefficient (Wildman–Crippen LogP) is 3.37. The first kappa shape index (κ1) is 24.7. The number of hydrogen-bond donors (Lipinski definition) is 4. The molecule has 0 saturated heterocycles. The van der Waals surface area contributed by atoms with Crippen molar-refractivity contribution < 1.29 is 0 Å². The third-order valence-corrected chi connectivity index (χ3v) is 6.73. The van der Waals surface area contributed by atoms with Crippen LogP contribution in [0.1, 0.15) is 42.3 Å². The monoisotopic (exact) mass is 486 g/mol. The quantitative estimate of drug-likeness (QED) is 0.174. The number of guanidine groups is 1. The number of aromatic amines is 1. The Morgan fingerprint density at radius 1 is 1.33 bits per heavy atom. The van der Waals surface area contributed by atoms with Crippen LogP contribution in [0.2, 0.25) is 0 Å². The number of nitrogens with one attached hydrogen (secondary N) is 3. The summed E-state index contributed by atoms with van der Waals surface area (Å²) < 4.78 is 0. The number of hydrogen-bond acceptors (Lipinski definition) is 8. The highest BCUT2D eigenvalue weighted by Gasteiger charge is 2.13. The minimum Gasteiger partial charge on any atom is -0.370 e. The van der Waals surface area contributed by atoms with Gasteiger partial charge in [-0.2, -0.15) is 11.8 Å². The molecular formula is C22H30N8OS2. The SMILES string of the molecule is CCCCN(C(=N)N)c1nc(CSCCNc2ncc(Cc3ccc(C)nc3)c(=O)[nH]2)cs1. The Bertz CT molecular complexity index is 1100. The number of rotatable bonds is 12. The summed E-state index contributed by atoms with van der Waals surface area (Å²) >= 11 is 3.25. The molecule has 176 valence electrons. The van der Waals surface area contributed by atoms with Gasteiger partial charge in [-0.05, 0) is 25.0 Å². The normalized spacial score (nSPS) is 10.8. The largest absolute Gasteiger partial charge is 0.370 e. The molecule has 0 fully saturated rings. The second-order valence-corrected chi connectivity index (χ2v) is 9.50. The summed E-state index contributed by atoms with van der Waals surface area (Å²) in [4.78, 5) is 30.1. The molecule has 3 heterocycles. The zero-order valence-corrected chi connectivity index (χ0v) is 20.6. The first-order chi connectivity index (χ1) is 16.0. The Morgan fingerprint density at radius 2 is 2.18 bits per heavy atom. The van der Waals surface area contributed by atoms with Gasteiger partial charge in [-0.3, -0.25) is 25.1 Å². The van der Waals surface area contributed by atoms with Crippen LogP contribution in [0.4, 0.5) is 11.1 Å². The number of thiazole rings is 1. The van der Waals surface area contributed by atoms with Crippen LogP contribution in [0.5, 0.6) is 0 Å². The Morgan fingerprint density at radius 3 is 2.88 bits per heavy atom. The molecule has 0 aliphatic heterocycles. The summed E-state index contributed by atoms with van der Waals surface area (Å²) in [6, 6.07) is 3.90. The van der Waals surface area contributed by atoms with Crippen molar-refractivity contribution in [3.8, 4) is 0 Å². The van der Waals surface area contributed by atoms with Gasteiger partial charge in [0.25, 0.3) is 5.56 Å². The van der Waals surface area contributed by atoms with E-state index in [2.05, 4.69) is 32.2 Å². The van der Waals surface area contributed by atoms with Gasteiger partial charge in [0.1, 0.15) is 0 Å². The van der Waals surface area contributed by atoms with Crippen molar-refractivity contribution in [3.63, 3.8) is 0 Å². The number of unbranched alkanes of at least 4 members (excludes halogenated alkanes) is 1. The van der Waals surface area contributed by atoms with Gasteiger partial charge >= 0.3 is 0 Å². The van der Waals surface area contributed by atoms with Crippen molar-refractivity contribution in [1.82, 2.24) is 19.9 Å². The Labute approximate surface area is 201 Å². The molecule has 3 rings (SSSR count). The number of aromatic nitrogens is 4. The Hall–Kier alpha value is -2.92. The average molecular weight is 487 g/mol. The van der Waals surface area contributed by atoms with Crippen molar-refractivity contribution in [2.24, 2.45) is 5.73 Å². The highest BCUT2D eigenvalue weighted by molar-refractivity contribution is 7.98. The molecule has 3 aromatic heterocycles. The molecule has 0 saturated carbocycles. The summed E-state index contributed by atoms with van der Waals surface area (Å²) in [5.74, 6) is 2.10. The van der Waals surface area contributed by atoms with E-state index >= 15 is 0 Å². The van der Waals surface area contributed by atoms with E-state index in [1.165, 1.54) is 11.3 Å². The predicted molar refractivity (Wildman–Crippen MR) is 138 cm³/mol. The molecule has 0 aromatic carbocycles. The number of nitrogens with two attached hydrogens (primary N) is 1. The average Bonchev–Trinajstić information content (AvgIpc) is 3.25. The maximum absolute atomic E-state index is 12.4. The fourth-order valence-electron chi connectivity index (χ4n) is 3.00. The second kappa shape index (κ2) is 12.4. The smallest absolute Gasteiger partial charge is 0.255 e. The molecule has 0 atom stereocenters. The Balaban J connectivity index is 1.42. The van der Waals surface area contributed by atoms with Crippen molar-refractivity contribution in [2.45, 2.75) is 38.9 Å². The van der Waals surface area contributed by atoms with Crippen molar-refractivity contribution in [1.29, 1.82) is 5.41 Å². The van der Waals surface area contributed by atoms with Crippen LogP contribution in [-0.4, -0.2) is 44.7 Å². The van der Waals surface area contributed by atoms with Crippen LogP contribution < -0.4 is 21.5 Å². The minimum atomic E-state index is -0.145.